The van der Waals surface area contributed by atoms with Crippen LogP contribution < -0.4 is 5.56 Å². The molecule has 0 unspecified atom stereocenters. The summed E-state index contributed by atoms with van der Waals surface area (Å²) in [6.45, 7) is 0. The molecular formula is C14H9N3O3S2. The molecule has 0 spiro atoms. The van der Waals surface area contributed by atoms with Crippen LogP contribution in [-0.2, 0) is 15.6 Å². The Kier molecular flexibility index (Phi) is 3.52. The number of terminal acetylenes is 1. The summed E-state index contributed by atoms with van der Waals surface area (Å²) in [6.07, 6.45) is 5.21. The fourth-order valence-corrected chi connectivity index (χ4v) is 4.36. The molecule has 8 heteroatoms. The molecule has 0 bridgehead atoms. The molecule has 0 aliphatic heterocycles. The minimum absolute atomic E-state index is 0.153. The second-order valence-electron chi connectivity index (χ2n) is 4.43. The zero-order chi connectivity index (χ0) is 15.7. The molecule has 22 heavy (non-hydrogen) atoms. The first kappa shape index (κ1) is 14.4. The SMILES string of the molecule is C#Cc1cc(=O)n2nc(S(=O)(=O)Cc3ccccc3)sc2n1. The molecule has 3 aromatic rings. The van der Waals surface area contributed by atoms with Gasteiger partial charge in [0.25, 0.3) is 5.56 Å². The van der Waals surface area contributed by atoms with Crippen LogP contribution in [0.25, 0.3) is 4.96 Å². The van der Waals surface area contributed by atoms with Crippen LogP contribution in [0.3, 0.4) is 0 Å². The van der Waals surface area contributed by atoms with E-state index in [1.807, 2.05) is 0 Å². The van der Waals surface area contributed by atoms with Crippen molar-refractivity contribution < 1.29 is 8.42 Å². The lowest BCUT2D eigenvalue weighted by molar-refractivity contribution is 0.592. The van der Waals surface area contributed by atoms with Crippen molar-refractivity contribution in [2.75, 3.05) is 0 Å². The van der Waals surface area contributed by atoms with Crippen LogP contribution in [0.4, 0.5) is 0 Å². The third-order valence-corrected chi connectivity index (χ3v) is 5.88. The largest absolute Gasteiger partial charge is 0.276 e. The van der Waals surface area contributed by atoms with E-state index in [9.17, 15) is 13.2 Å². The molecule has 0 aliphatic rings. The van der Waals surface area contributed by atoms with Gasteiger partial charge in [0, 0.05) is 6.07 Å². The number of sulfone groups is 1. The molecule has 2 aromatic heterocycles. The summed E-state index contributed by atoms with van der Waals surface area (Å²) in [4.78, 5) is 16.0. The van der Waals surface area contributed by atoms with Crippen LogP contribution in [0.15, 0.2) is 45.5 Å². The van der Waals surface area contributed by atoms with Crippen molar-refractivity contribution in [3.8, 4) is 12.3 Å². The topological polar surface area (TPSA) is 81.4 Å². The van der Waals surface area contributed by atoms with Crippen molar-refractivity contribution in [3.63, 3.8) is 0 Å². The molecule has 0 amide bonds. The van der Waals surface area contributed by atoms with E-state index < -0.39 is 15.4 Å². The number of rotatable bonds is 3. The van der Waals surface area contributed by atoms with Crippen LogP contribution in [-0.4, -0.2) is 23.0 Å². The van der Waals surface area contributed by atoms with Crippen LogP contribution in [0.2, 0.25) is 0 Å². The Morgan fingerprint density at radius 1 is 1.27 bits per heavy atom. The van der Waals surface area contributed by atoms with E-state index in [0.29, 0.717) is 5.56 Å². The van der Waals surface area contributed by atoms with Crippen molar-refractivity contribution in [2.45, 2.75) is 10.1 Å². The summed E-state index contributed by atoms with van der Waals surface area (Å²) in [5, 5.41) is 3.86. The van der Waals surface area contributed by atoms with Gasteiger partial charge in [0.05, 0.1) is 5.75 Å². The van der Waals surface area contributed by atoms with Crippen molar-refractivity contribution in [1.82, 2.24) is 14.6 Å². The molecule has 3 rings (SSSR count). The molecule has 0 saturated carbocycles. The van der Waals surface area contributed by atoms with Crippen molar-refractivity contribution in [2.24, 2.45) is 0 Å². The lowest BCUT2D eigenvalue weighted by atomic mass is 10.2. The third kappa shape index (κ3) is 2.64. The van der Waals surface area contributed by atoms with Gasteiger partial charge in [0.2, 0.25) is 19.1 Å². The minimum Gasteiger partial charge on any atom is -0.267 e. The van der Waals surface area contributed by atoms with Crippen molar-refractivity contribution in [3.05, 3.63) is 58.0 Å². The molecule has 110 valence electrons. The van der Waals surface area contributed by atoms with Gasteiger partial charge in [-0.3, -0.25) is 4.79 Å². The highest BCUT2D eigenvalue weighted by atomic mass is 32.2. The second-order valence-corrected chi connectivity index (χ2v) is 7.55. The van der Waals surface area contributed by atoms with E-state index in [4.69, 9.17) is 6.42 Å². The Hall–Kier alpha value is -2.50. The first-order valence-corrected chi connectivity index (χ1v) is 8.61. The number of hydrogen-bond donors (Lipinski definition) is 0. The van der Waals surface area contributed by atoms with E-state index in [1.165, 1.54) is 0 Å². The molecule has 0 aliphatic carbocycles. The quantitative estimate of drug-likeness (QED) is 0.672. The number of benzene rings is 1. The Morgan fingerprint density at radius 3 is 2.68 bits per heavy atom. The van der Waals surface area contributed by atoms with Crippen LogP contribution >= 0.6 is 11.3 Å². The average Bonchev–Trinajstić information content (AvgIpc) is 2.93. The molecule has 1 aromatic carbocycles. The maximum absolute atomic E-state index is 12.4. The van der Waals surface area contributed by atoms with Crippen LogP contribution in [0.5, 0.6) is 0 Å². The van der Waals surface area contributed by atoms with E-state index in [-0.39, 0.29) is 20.7 Å². The number of aromatic nitrogens is 3. The fourth-order valence-electron chi connectivity index (χ4n) is 1.85. The van der Waals surface area contributed by atoms with Gasteiger partial charge in [0.1, 0.15) is 5.69 Å². The molecular weight excluding hydrogens is 322 g/mol. The summed E-state index contributed by atoms with van der Waals surface area (Å²) < 4.78 is 25.6. The predicted molar refractivity (Wildman–Crippen MR) is 82.4 cm³/mol. The monoisotopic (exact) mass is 331 g/mol. The third-order valence-electron chi connectivity index (χ3n) is 2.84. The number of nitrogens with zero attached hydrogens (tertiary/aromatic N) is 3. The second kappa shape index (κ2) is 5.36. The number of hydrogen-bond acceptors (Lipinski definition) is 6. The summed E-state index contributed by atoms with van der Waals surface area (Å²) in [5.74, 6) is 2.06. The van der Waals surface area contributed by atoms with Gasteiger partial charge in [-0.25, -0.2) is 13.4 Å². The molecule has 0 radical (unpaired) electrons. The van der Waals surface area contributed by atoms with Crippen LogP contribution in [0.1, 0.15) is 11.3 Å². The van der Waals surface area contributed by atoms with Gasteiger partial charge in [0.15, 0.2) is 0 Å². The van der Waals surface area contributed by atoms with Gasteiger partial charge in [-0.05, 0) is 11.5 Å². The van der Waals surface area contributed by atoms with Gasteiger partial charge in [-0.15, -0.1) is 11.5 Å². The van der Waals surface area contributed by atoms with E-state index in [1.54, 1.807) is 30.3 Å². The van der Waals surface area contributed by atoms with E-state index in [0.717, 1.165) is 21.9 Å². The van der Waals surface area contributed by atoms with Crippen molar-refractivity contribution in [1.29, 1.82) is 0 Å². The summed E-state index contributed by atoms with van der Waals surface area (Å²) in [6, 6.07) is 9.89. The summed E-state index contributed by atoms with van der Waals surface area (Å²) in [7, 11) is -3.66. The Morgan fingerprint density at radius 2 is 2.00 bits per heavy atom. The van der Waals surface area contributed by atoms with Gasteiger partial charge < -0.3 is 0 Å². The highest BCUT2D eigenvalue weighted by molar-refractivity contribution is 7.92. The fraction of sp³-hybridized carbons (Fsp3) is 0.0714. The minimum atomic E-state index is -3.66. The zero-order valence-corrected chi connectivity index (χ0v) is 12.8. The van der Waals surface area contributed by atoms with Gasteiger partial charge >= 0.3 is 0 Å². The Bertz CT molecular complexity index is 1040. The first-order chi connectivity index (χ1) is 10.5. The molecule has 0 saturated heterocycles. The number of fused-ring (bicyclic) bond motifs is 1. The smallest absolute Gasteiger partial charge is 0.267 e. The van der Waals surface area contributed by atoms with E-state index >= 15 is 0 Å². The lowest BCUT2D eigenvalue weighted by Gasteiger charge is -1.99. The maximum Gasteiger partial charge on any atom is 0.276 e. The predicted octanol–water partition coefficient (Wildman–Crippen LogP) is 1.11. The average molecular weight is 331 g/mol. The maximum atomic E-state index is 12.4. The van der Waals surface area contributed by atoms with Gasteiger partial charge in [-0.1, -0.05) is 41.7 Å². The molecule has 6 nitrogen and oxygen atoms in total. The highest BCUT2D eigenvalue weighted by Gasteiger charge is 2.22. The lowest BCUT2D eigenvalue weighted by Crippen LogP contribution is -2.15. The molecule has 0 atom stereocenters. The summed E-state index contributed by atoms with van der Waals surface area (Å²) in [5.41, 5.74) is 0.294. The normalized spacial score (nSPS) is 11.4. The first-order valence-electron chi connectivity index (χ1n) is 6.14. The van der Waals surface area contributed by atoms with Gasteiger partial charge in [-0.2, -0.15) is 4.52 Å². The van der Waals surface area contributed by atoms with E-state index in [2.05, 4.69) is 16.0 Å². The molecule has 0 N–H and O–H groups in total. The zero-order valence-electron chi connectivity index (χ0n) is 11.1. The molecule has 2 heterocycles. The molecule has 0 fully saturated rings. The Labute approximate surface area is 130 Å². The Balaban J connectivity index is 2.08. The van der Waals surface area contributed by atoms with Crippen molar-refractivity contribution >= 4 is 26.1 Å². The summed E-state index contributed by atoms with van der Waals surface area (Å²) >= 11 is 0.824. The highest BCUT2D eigenvalue weighted by Crippen LogP contribution is 2.21. The standard InChI is InChI=1S/C14H9N3O3S2/c1-2-11-8-12(18)17-13(15-11)21-14(16-17)22(19,20)9-10-6-4-3-5-7-10/h1,3-8H,9H2. The van der Waals surface area contributed by atoms with Crippen LogP contribution in [0, 0.1) is 12.3 Å².